The maximum absolute atomic E-state index is 13.2. The van der Waals surface area contributed by atoms with Crippen molar-refractivity contribution in [2.45, 2.75) is 33.7 Å². The van der Waals surface area contributed by atoms with E-state index in [0.717, 1.165) is 6.42 Å². The molecule has 3 rings (SSSR count). The largest absolute Gasteiger partial charge is 0.383 e. The number of anilines is 1. The van der Waals surface area contributed by atoms with Crippen LogP contribution in [0.2, 0.25) is 0 Å². The standard InChI is InChI=1S/C23H29N5O3/c1-5-15(2)14-25-23(30)18-12-17(26-16(3)29)13-20-21(18)28(10-11-31-4)22(27-20)19-8-6-7-9-24-19/h6-9,12-13,15H,5,10-11,14H2,1-4H3,(H,25,30)(H,26,29). The van der Waals surface area contributed by atoms with Crippen LogP contribution in [0.4, 0.5) is 5.69 Å². The molecular formula is C23H29N5O3. The number of ether oxygens (including phenoxy) is 1. The van der Waals surface area contributed by atoms with Gasteiger partial charge in [-0.05, 0) is 30.2 Å². The molecule has 0 fully saturated rings. The van der Waals surface area contributed by atoms with Crippen molar-refractivity contribution in [3.63, 3.8) is 0 Å². The summed E-state index contributed by atoms with van der Waals surface area (Å²) in [6.45, 7) is 7.14. The van der Waals surface area contributed by atoms with Gasteiger partial charge in [-0.15, -0.1) is 0 Å². The molecule has 0 spiro atoms. The van der Waals surface area contributed by atoms with Gasteiger partial charge >= 0.3 is 0 Å². The molecule has 1 atom stereocenters. The summed E-state index contributed by atoms with van der Waals surface area (Å²) in [5.41, 5.74) is 2.97. The van der Waals surface area contributed by atoms with Gasteiger partial charge in [0.15, 0.2) is 5.82 Å². The SMILES string of the molecule is CCC(C)CNC(=O)c1cc(NC(C)=O)cc2nc(-c3ccccn3)n(CCOC)c12. The van der Waals surface area contributed by atoms with Crippen molar-refractivity contribution >= 4 is 28.5 Å². The van der Waals surface area contributed by atoms with Crippen LogP contribution in [-0.2, 0) is 16.1 Å². The van der Waals surface area contributed by atoms with E-state index in [9.17, 15) is 9.59 Å². The van der Waals surface area contributed by atoms with Crippen molar-refractivity contribution in [2.75, 3.05) is 25.6 Å². The van der Waals surface area contributed by atoms with E-state index in [4.69, 9.17) is 9.72 Å². The smallest absolute Gasteiger partial charge is 0.253 e. The van der Waals surface area contributed by atoms with Gasteiger partial charge in [-0.25, -0.2) is 4.98 Å². The summed E-state index contributed by atoms with van der Waals surface area (Å²) < 4.78 is 7.25. The highest BCUT2D eigenvalue weighted by molar-refractivity contribution is 6.08. The number of rotatable bonds is 9. The Balaban J connectivity index is 2.19. The Kier molecular flexibility index (Phi) is 7.36. The van der Waals surface area contributed by atoms with Crippen LogP contribution in [0.5, 0.6) is 0 Å². The summed E-state index contributed by atoms with van der Waals surface area (Å²) in [6.07, 6.45) is 2.68. The van der Waals surface area contributed by atoms with E-state index in [0.29, 0.717) is 59.4 Å². The minimum Gasteiger partial charge on any atom is -0.383 e. The maximum Gasteiger partial charge on any atom is 0.253 e. The van der Waals surface area contributed by atoms with E-state index in [2.05, 4.69) is 29.5 Å². The summed E-state index contributed by atoms with van der Waals surface area (Å²) >= 11 is 0. The van der Waals surface area contributed by atoms with E-state index in [-0.39, 0.29) is 11.8 Å². The van der Waals surface area contributed by atoms with Crippen molar-refractivity contribution in [1.82, 2.24) is 19.9 Å². The van der Waals surface area contributed by atoms with Gasteiger partial charge in [0.1, 0.15) is 5.69 Å². The highest BCUT2D eigenvalue weighted by Crippen LogP contribution is 2.29. The minimum atomic E-state index is -0.214. The molecule has 2 heterocycles. The van der Waals surface area contributed by atoms with Gasteiger partial charge < -0.3 is 19.9 Å². The van der Waals surface area contributed by atoms with Gasteiger partial charge in [0.25, 0.3) is 5.91 Å². The molecule has 0 aliphatic rings. The minimum absolute atomic E-state index is 0.205. The van der Waals surface area contributed by atoms with Gasteiger partial charge in [0, 0.05) is 39.0 Å². The van der Waals surface area contributed by atoms with Crippen molar-refractivity contribution in [3.8, 4) is 11.5 Å². The molecule has 3 aromatic rings. The number of methoxy groups -OCH3 is 1. The highest BCUT2D eigenvalue weighted by atomic mass is 16.5. The van der Waals surface area contributed by atoms with E-state index in [1.807, 2.05) is 22.8 Å². The lowest BCUT2D eigenvalue weighted by Crippen LogP contribution is -2.28. The monoisotopic (exact) mass is 423 g/mol. The first-order valence-electron chi connectivity index (χ1n) is 10.4. The third kappa shape index (κ3) is 5.27. The van der Waals surface area contributed by atoms with Gasteiger partial charge in [-0.1, -0.05) is 26.3 Å². The summed E-state index contributed by atoms with van der Waals surface area (Å²) in [5, 5.41) is 5.79. The molecule has 1 unspecified atom stereocenters. The molecular weight excluding hydrogens is 394 g/mol. The third-order valence-electron chi connectivity index (χ3n) is 5.13. The molecule has 0 saturated heterocycles. The molecule has 2 N–H and O–H groups in total. The Morgan fingerprint density at radius 2 is 2.06 bits per heavy atom. The van der Waals surface area contributed by atoms with Crippen LogP contribution in [0.25, 0.3) is 22.6 Å². The molecule has 2 aromatic heterocycles. The second-order valence-electron chi connectivity index (χ2n) is 7.59. The second-order valence-corrected chi connectivity index (χ2v) is 7.59. The summed E-state index contributed by atoms with van der Waals surface area (Å²) in [5.74, 6) is 0.585. The first-order chi connectivity index (χ1) is 14.9. The first-order valence-corrected chi connectivity index (χ1v) is 10.4. The zero-order valence-corrected chi connectivity index (χ0v) is 18.4. The number of pyridine rings is 1. The van der Waals surface area contributed by atoms with Crippen molar-refractivity contribution in [1.29, 1.82) is 0 Å². The normalized spacial score (nSPS) is 12.0. The van der Waals surface area contributed by atoms with Crippen LogP contribution >= 0.6 is 0 Å². The molecule has 0 saturated carbocycles. The molecule has 8 nitrogen and oxygen atoms in total. The predicted octanol–water partition coefficient (Wildman–Crippen LogP) is 3.48. The Morgan fingerprint density at radius 3 is 2.71 bits per heavy atom. The fourth-order valence-corrected chi connectivity index (χ4v) is 3.31. The number of fused-ring (bicyclic) bond motifs is 1. The summed E-state index contributed by atoms with van der Waals surface area (Å²) in [4.78, 5) is 34.0. The predicted molar refractivity (Wildman–Crippen MR) is 121 cm³/mol. The van der Waals surface area contributed by atoms with Crippen LogP contribution in [0.15, 0.2) is 36.5 Å². The van der Waals surface area contributed by atoms with E-state index < -0.39 is 0 Å². The van der Waals surface area contributed by atoms with Gasteiger partial charge in [-0.2, -0.15) is 0 Å². The molecule has 0 bridgehead atoms. The van der Waals surface area contributed by atoms with Crippen molar-refractivity contribution in [2.24, 2.45) is 5.92 Å². The average molecular weight is 424 g/mol. The second kappa shape index (κ2) is 10.2. The van der Waals surface area contributed by atoms with Gasteiger partial charge in [-0.3, -0.25) is 14.6 Å². The Hall–Kier alpha value is -3.26. The number of amides is 2. The number of carbonyl (C=O) groups excluding carboxylic acids is 2. The van der Waals surface area contributed by atoms with Crippen LogP contribution in [0.1, 0.15) is 37.6 Å². The van der Waals surface area contributed by atoms with Gasteiger partial charge in [0.2, 0.25) is 5.91 Å². The molecule has 31 heavy (non-hydrogen) atoms. The van der Waals surface area contributed by atoms with E-state index in [1.54, 1.807) is 25.4 Å². The first kappa shape index (κ1) is 22.4. The average Bonchev–Trinajstić information content (AvgIpc) is 3.13. The fraction of sp³-hybridized carbons (Fsp3) is 0.391. The molecule has 0 aliphatic heterocycles. The van der Waals surface area contributed by atoms with Crippen LogP contribution in [0.3, 0.4) is 0 Å². The molecule has 164 valence electrons. The van der Waals surface area contributed by atoms with Crippen LogP contribution in [0, 0.1) is 5.92 Å². The Morgan fingerprint density at radius 1 is 1.26 bits per heavy atom. The zero-order valence-electron chi connectivity index (χ0n) is 18.4. The number of nitrogens with one attached hydrogen (secondary N) is 2. The van der Waals surface area contributed by atoms with E-state index in [1.165, 1.54) is 6.92 Å². The zero-order chi connectivity index (χ0) is 22.4. The number of imidazole rings is 1. The molecule has 2 amide bonds. The lowest BCUT2D eigenvalue weighted by Gasteiger charge is -2.14. The summed E-state index contributed by atoms with van der Waals surface area (Å²) in [6, 6.07) is 9.09. The quantitative estimate of drug-likeness (QED) is 0.549. The maximum atomic E-state index is 13.2. The number of aromatic nitrogens is 3. The van der Waals surface area contributed by atoms with Gasteiger partial charge in [0.05, 0.1) is 23.2 Å². The Labute approximate surface area is 182 Å². The number of benzene rings is 1. The van der Waals surface area contributed by atoms with Crippen molar-refractivity contribution < 1.29 is 14.3 Å². The highest BCUT2D eigenvalue weighted by Gasteiger charge is 2.21. The molecule has 1 aromatic carbocycles. The molecule has 0 aliphatic carbocycles. The number of hydrogen-bond acceptors (Lipinski definition) is 5. The van der Waals surface area contributed by atoms with E-state index >= 15 is 0 Å². The lowest BCUT2D eigenvalue weighted by molar-refractivity contribution is -0.114. The number of hydrogen-bond donors (Lipinski definition) is 2. The molecule has 8 heteroatoms. The van der Waals surface area contributed by atoms with Crippen LogP contribution in [-0.4, -0.2) is 46.6 Å². The fourth-order valence-electron chi connectivity index (χ4n) is 3.31. The number of nitrogens with zero attached hydrogens (tertiary/aromatic N) is 3. The Bertz CT molecular complexity index is 1060. The lowest BCUT2D eigenvalue weighted by atomic mass is 10.1. The van der Waals surface area contributed by atoms with Crippen molar-refractivity contribution in [3.05, 3.63) is 42.1 Å². The molecule has 0 radical (unpaired) electrons. The van der Waals surface area contributed by atoms with Crippen LogP contribution < -0.4 is 10.6 Å². The summed E-state index contributed by atoms with van der Waals surface area (Å²) in [7, 11) is 1.63. The third-order valence-corrected chi connectivity index (χ3v) is 5.13. The topological polar surface area (TPSA) is 98.1 Å². The number of carbonyl (C=O) groups is 2.